The van der Waals surface area contributed by atoms with E-state index in [1.165, 1.54) is 5.56 Å². The van der Waals surface area contributed by atoms with Crippen molar-refractivity contribution in [1.29, 1.82) is 0 Å². The lowest BCUT2D eigenvalue weighted by molar-refractivity contribution is -0.121. The number of hydrogen-bond acceptors (Lipinski definition) is 4. The zero-order chi connectivity index (χ0) is 21.3. The number of ether oxygens (including phenoxy) is 1. The third-order valence-electron chi connectivity index (χ3n) is 6.05. The van der Waals surface area contributed by atoms with E-state index in [-0.39, 0.29) is 11.9 Å². The van der Waals surface area contributed by atoms with Crippen LogP contribution in [-0.2, 0) is 9.53 Å². The fraction of sp³-hybridized carbons (Fsp3) is 0.636. The summed E-state index contributed by atoms with van der Waals surface area (Å²) in [5.41, 5.74) is 1.21. The van der Waals surface area contributed by atoms with Crippen LogP contribution in [0.3, 0.4) is 0 Å². The Morgan fingerprint density at radius 3 is 2.63 bits per heavy atom. The van der Waals surface area contributed by atoms with Gasteiger partial charge in [-0.2, -0.15) is 0 Å². The number of aliphatic imine (C=N–C) groups is 1. The lowest BCUT2D eigenvalue weighted by Crippen LogP contribution is -2.49. The maximum atomic E-state index is 11.7. The Bertz CT molecular complexity index is 715. The van der Waals surface area contributed by atoms with Gasteiger partial charge in [-0.25, -0.2) is 0 Å². The van der Waals surface area contributed by atoms with Gasteiger partial charge in [-0.15, -0.1) is 0 Å². The normalized spacial score (nSPS) is 20.1. The third kappa shape index (κ3) is 6.33. The number of halogens is 1. The second kappa shape index (κ2) is 11.5. The molecule has 0 spiro atoms. The van der Waals surface area contributed by atoms with Crippen LogP contribution in [0.25, 0.3) is 0 Å². The van der Waals surface area contributed by atoms with Crippen LogP contribution in [0.5, 0.6) is 0 Å². The number of carbonyl (C=O) groups is 1. The van der Waals surface area contributed by atoms with E-state index in [9.17, 15) is 4.79 Å². The molecule has 8 heteroatoms. The fourth-order valence-corrected chi connectivity index (χ4v) is 4.49. The average Bonchev–Trinajstić information content (AvgIpc) is 2.78. The number of carbonyl (C=O) groups excluding carboxylic acids is 1. The Morgan fingerprint density at radius 2 is 2.00 bits per heavy atom. The van der Waals surface area contributed by atoms with Crippen LogP contribution in [0.4, 0.5) is 0 Å². The number of piperidine rings is 1. The SMILES string of the molecule is CN=C(NCC(c1cccc(Cl)c1)N1CCOCC1)N1CCC(CC(=O)NC)CC1. The van der Waals surface area contributed by atoms with Gasteiger partial charge in [0, 0.05) is 58.3 Å². The summed E-state index contributed by atoms with van der Waals surface area (Å²) in [6.07, 6.45) is 2.63. The van der Waals surface area contributed by atoms with Gasteiger partial charge in [0.2, 0.25) is 5.91 Å². The number of rotatable bonds is 6. The second-order valence-corrected chi connectivity index (χ2v) is 8.39. The number of benzene rings is 1. The van der Waals surface area contributed by atoms with E-state index in [0.29, 0.717) is 12.3 Å². The average molecular weight is 436 g/mol. The van der Waals surface area contributed by atoms with Gasteiger partial charge in [0.1, 0.15) is 0 Å². The largest absolute Gasteiger partial charge is 0.379 e. The van der Waals surface area contributed by atoms with Crippen LogP contribution >= 0.6 is 11.6 Å². The highest BCUT2D eigenvalue weighted by Crippen LogP contribution is 2.25. The highest BCUT2D eigenvalue weighted by molar-refractivity contribution is 6.30. The molecule has 1 aromatic rings. The van der Waals surface area contributed by atoms with Gasteiger partial charge in [0.15, 0.2) is 5.96 Å². The van der Waals surface area contributed by atoms with Crippen molar-refractivity contribution < 1.29 is 9.53 Å². The molecule has 3 rings (SSSR count). The lowest BCUT2D eigenvalue weighted by atomic mass is 9.93. The first-order valence-electron chi connectivity index (χ1n) is 10.8. The molecular weight excluding hydrogens is 402 g/mol. The van der Waals surface area contributed by atoms with Crippen LogP contribution < -0.4 is 10.6 Å². The van der Waals surface area contributed by atoms with Gasteiger partial charge in [0.25, 0.3) is 0 Å². The maximum Gasteiger partial charge on any atom is 0.220 e. The van der Waals surface area contributed by atoms with E-state index in [2.05, 4.69) is 37.6 Å². The molecule has 0 bridgehead atoms. The predicted molar refractivity (Wildman–Crippen MR) is 121 cm³/mol. The van der Waals surface area contributed by atoms with Crippen molar-refractivity contribution in [3.63, 3.8) is 0 Å². The third-order valence-corrected chi connectivity index (χ3v) is 6.29. The van der Waals surface area contributed by atoms with Crippen LogP contribution in [0.1, 0.15) is 30.9 Å². The van der Waals surface area contributed by atoms with E-state index < -0.39 is 0 Å². The Hall–Kier alpha value is -1.83. The van der Waals surface area contributed by atoms with E-state index in [0.717, 1.165) is 69.8 Å². The van der Waals surface area contributed by atoms with E-state index in [4.69, 9.17) is 16.3 Å². The van der Waals surface area contributed by atoms with Crippen molar-refractivity contribution >= 4 is 23.5 Å². The van der Waals surface area contributed by atoms with Gasteiger partial charge in [-0.1, -0.05) is 23.7 Å². The minimum absolute atomic E-state index is 0.130. The van der Waals surface area contributed by atoms with Gasteiger partial charge in [-0.05, 0) is 36.5 Å². The molecule has 1 unspecified atom stereocenters. The van der Waals surface area contributed by atoms with Gasteiger partial charge >= 0.3 is 0 Å². The van der Waals surface area contributed by atoms with Crippen molar-refractivity contribution in [2.75, 3.05) is 60.0 Å². The molecule has 2 heterocycles. The summed E-state index contributed by atoms with van der Waals surface area (Å²) in [5.74, 6) is 1.51. The van der Waals surface area contributed by atoms with Crippen LogP contribution in [-0.4, -0.2) is 81.7 Å². The van der Waals surface area contributed by atoms with Gasteiger partial charge < -0.3 is 20.3 Å². The van der Waals surface area contributed by atoms with E-state index in [1.807, 2.05) is 19.2 Å². The quantitative estimate of drug-likeness (QED) is 0.529. The fourth-order valence-electron chi connectivity index (χ4n) is 4.29. The summed E-state index contributed by atoms with van der Waals surface area (Å²) in [7, 11) is 3.54. The number of amides is 1. The summed E-state index contributed by atoms with van der Waals surface area (Å²) in [6.45, 7) is 5.91. The van der Waals surface area contributed by atoms with E-state index >= 15 is 0 Å². The molecule has 1 aromatic carbocycles. The highest BCUT2D eigenvalue weighted by atomic mass is 35.5. The molecule has 166 valence electrons. The standard InChI is InChI=1S/C22H34ClN5O2/c1-24-21(29)14-17-6-8-28(9-7-17)22(25-2)26-16-20(27-10-12-30-13-11-27)18-4-3-5-19(23)15-18/h3-5,15,17,20H,6-14,16H2,1-2H3,(H,24,29)(H,25,26). The molecule has 2 fully saturated rings. The number of nitrogens with zero attached hydrogens (tertiary/aromatic N) is 3. The predicted octanol–water partition coefficient (Wildman–Crippen LogP) is 2.14. The molecule has 0 aromatic heterocycles. The molecule has 2 N–H and O–H groups in total. The molecule has 2 saturated heterocycles. The van der Waals surface area contributed by atoms with Crippen molar-refractivity contribution in [2.24, 2.45) is 10.9 Å². The maximum absolute atomic E-state index is 11.7. The number of guanidine groups is 1. The number of morpholine rings is 1. The summed E-state index contributed by atoms with van der Waals surface area (Å²) in [6, 6.07) is 8.32. The van der Waals surface area contributed by atoms with Crippen molar-refractivity contribution in [3.05, 3.63) is 34.9 Å². The lowest BCUT2D eigenvalue weighted by Gasteiger charge is -2.37. The molecule has 0 saturated carbocycles. The van der Waals surface area contributed by atoms with E-state index in [1.54, 1.807) is 7.05 Å². The Labute approximate surface area is 184 Å². The first kappa shape index (κ1) is 22.8. The monoisotopic (exact) mass is 435 g/mol. The van der Waals surface area contributed by atoms with Crippen molar-refractivity contribution in [2.45, 2.75) is 25.3 Å². The molecule has 30 heavy (non-hydrogen) atoms. The van der Waals surface area contributed by atoms with Gasteiger partial charge in [0.05, 0.1) is 19.3 Å². The Kier molecular flexibility index (Phi) is 8.78. The summed E-state index contributed by atoms with van der Waals surface area (Å²) >= 11 is 6.28. The Balaban J connectivity index is 1.60. The number of likely N-dealkylation sites (tertiary alicyclic amines) is 1. The minimum Gasteiger partial charge on any atom is -0.379 e. The molecular formula is C22H34ClN5O2. The highest BCUT2D eigenvalue weighted by Gasteiger charge is 2.26. The van der Waals surface area contributed by atoms with Crippen molar-refractivity contribution in [3.8, 4) is 0 Å². The van der Waals surface area contributed by atoms with Crippen molar-refractivity contribution in [1.82, 2.24) is 20.4 Å². The zero-order valence-corrected chi connectivity index (χ0v) is 18.8. The number of hydrogen-bond donors (Lipinski definition) is 2. The second-order valence-electron chi connectivity index (χ2n) is 7.95. The first-order chi connectivity index (χ1) is 14.6. The molecule has 2 aliphatic heterocycles. The van der Waals surface area contributed by atoms with Crippen LogP contribution in [0, 0.1) is 5.92 Å². The van der Waals surface area contributed by atoms with Crippen LogP contribution in [0.2, 0.25) is 5.02 Å². The molecule has 1 atom stereocenters. The topological polar surface area (TPSA) is 69.2 Å². The smallest absolute Gasteiger partial charge is 0.220 e. The number of nitrogens with one attached hydrogen (secondary N) is 2. The summed E-state index contributed by atoms with van der Waals surface area (Å²) in [4.78, 5) is 20.9. The minimum atomic E-state index is 0.130. The molecule has 2 aliphatic rings. The molecule has 0 aliphatic carbocycles. The molecule has 0 radical (unpaired) electrons. The summed E-state index contributed by atoms with van der Waals surface area (Å²) in [5, 5.41) is 7.08. The van der Waals surface area contributed by atoms with Crippen LogP contribution in [0.15, 0.2) is 29.3 Å². The Morgan fingerprint density at radius 1 is 1.27 bits per heavy atom. The molecule has 1 amide bonds. The van der Waals surface area contributed by atoms with Gasteiger partial charge in [-0.3, -0.25) is 14.7 Å². The zero-order valence-electron chi connectivity index (χ0n) is 18.1. The first-order valence-corrected chi connectivity index (χ1v) is 11.2. The molecule has 7 nitrogen and oxygen atoms in total. The summed E-state index contributed by atoms with van der Waals surface area (Å²) < 4.78 is 5.55.